The van der Waals surface area contributed by atoms with Crippen LogP contribution in [0.15, 0.2) is 12.3 Å². The number of pyridine rings is 1. The summed E-state index contributed by atoms with van der Waals surface area (Å²) in [5.74, 6) is -6.06. The van der Waals surface area contributed by atoms with E-state index in [-0.39, 0.29) is 28.5 Å². The molecule has 9 nitrogen and oxygen atoms in total. The predicted molar refractivity (Wildman–Crippen MR) is 144 cm³/mol. The van der Waals surface area contributed by atoms with Gasteiger partial charge in [-0.15, -0.1) is 0 Å². The highest BCUT2D eigenvalue weighted by atomic mass is 35.5. The lowest BCUT2D eigenvalue weighted by Crippen LogP contribution is -2.57. The molecule has 0 aliphatic heterocycles. The monoisotopic (exact) mass is 665 g/mol. The molecule has 43 heavy (non-hydrogen) atoms. The van der Waals surface area contributed by atoms with Crippen LogP contribution >= 0.6 is 11.6 Å². The fourth-order valence-corrected chi connectivity index (χ4v) is 4.88. The van der Waals surface area contributed by atoms with Crippen LogP contribution in [0, 0.1) is 11.8 Å². The number of amides is 1. The normalized spacial score (nSPS) is 17.6. The van der Waals surface area contributed by atoms with Crippen molar-refractivity contribution in [3.05, 3.63) is 23.0 Å². The SMILES string of the molecule is CCn1nc(C(=O)NCC2CCC(C)CC2)c(Cl)c1-c1cnc(NC(C)(C)C(F)(F)C(F)(F)F)cc1OC(F)F.O=S=O. The van der Waals surface area contributed by atoms with Crippen LogP contribution in [-0.4, -0.2) is 59.9 Å². The molecule has 1 aliphatic rings. The number of alkyl halides is 7. The van der Waals surface area contributed by atoms with Gasteiger partial charge in [0.15, 0.2) is 5.69 Å². The number of carbonyl (C=O) groups excluding carboxylic acids is 1. The first-order valence-electron chi connectivity index (χ1n) is 13.0. The van der Waals surface area contributed by atoms with Crippen LogP contribution in [0.25, 0.3) is 11.3 Å². The Morgan fingerprint density at radius 1 is 1.16 bits per heavy atom. The number of hydrogen-bond donors (Lipinski definition) is 2. The minimum absolute atomic E-state index is 0.0182. The van der Waals surface area contributed by atoms with Crippen LogP contribution < -0.4 is 15.4 Å². The fraction of sp³-hybridized carbons (Fsp3) is 0.640. The average molecular weight is 666 g/mol. The summed E-state index contributed by atoms with van der Waals surface area (Å²) in [6.45, 7) is 2.16. The summed E-state index contributed by atoms with van der Waals surface area (Å²) in [6, 6.07) is 0.753. The van der Waals surface area contributed by atoms with Crippen LogP contribution in [0.5, 0.6) is 5.75 Å². The molecule has 0 spiro atoms. The van der Waals surface area contributed by atoms with Gasteiger partial charge in [0.25, 0.3) is 5.91 Å². The molecule has 1 fully saturated rings. The standard InChI is InChI=1S/C25H31ClF7N5O2.O2S/c1-5-38-20(18(26)19(37-38)21(39)35-11-14-8-6-13(2)7-9-14)15-12-34-17(10-16(15)40-22(27)28)36-23(3,4)24(29,30)25(31,32)33;1-3-2/h10,12-14,22H,5-9,11H2,1-4H3,(H,34,36)(H,35,39);. The Labute approximate surface area is 251 Å². The Morgan fingerprint density at radius 3 is 2.26 bits per heavy atom. The summed E-state index contributed by atoms with van der Waals surface area (Å²) in [6.07, 6.45) is -0.912. The highest BCUT2D eigenvalue weighted by Crippen LogP contribution is 2.45. The van der Waals surface area contributed by atoms with Crippen molar-refractivity contribution in [2.45, 2.75) is 84.2 Å². The number of hydrogen-bond acceptors (Lipinski definition) is 7. The molecule has 0 bridgehead atoms. The summed E-state index contributed by atoms with van der Waals surface area (Å²) in [7, 11) is 0. The van der Waals surface area contributed by atoms with Gasteiger partial charge in [0.2, 0.25) is 0 Å². The first-order valence-corrected chi connectivity index (χ1v) is 14.1. The van der Waals surface area contributed by atoms with E-state index in [2.05, 4.69) is 27.1 Å². The number of rotatable bonds is 10. The third-order valence-electron chi connectivity index (χ3n) is 7.01. The number of halogens is 8. The maximum atomic E-state index is 14.0. The van der Waals surface area contributed by atoms with Crippen molar-refractivity contribution in [2.24, 2.45) is 11.8 Å². The molecule has 1 amide bonds. The van der Waals surface area contributed by atoms with E-state index in [1.54, 1.807) is 6.92 Å². The molecule has 2 aromatic rings. The lowest BCUT2D eigenvalue weighted by Gasteiger charge is -2.36. The van der Waals surface area contributed by atoms with E-state index in [0.717, 1.165) is 37.9 Å². The predicted octanol–water partition coefficient (Wildman–Crippen LogP) is 6.49. The lowest BCUT2D eigenvalue weighted by atomic mass is 9.83. The molecular weight excluding hydrogens is 635 g/mol. The van der Waals surface area contributed by atoms with Gasteiger partial charge in [0, 0.05) is 25.4 Å². The number of nitrogens with zero attached hydrogens (tertiary/aromatic N) is 3. The molecule has 0 atom stereocenters. The van der Waals surface area contributed by atoms with Crippen molar-refractivity contribution in [3.8, 4) is 17.0 Å². The van der Waals surface area contributed by atoms with Gasteiger partial charge >= 0.3 is 30.3 Å². The number of aryl methyl sites for hydroxylation is 1. The molecule has 0 aromatic carbocycles. The summed E-state index contributed by atoms with van der Waals surface area (Å²) in [4.78, 5) is 16.8. The van der Waals surface area contributed by atoms with Crippen molar-refractivity contribution < 1.29 is 48.7 Å². The van der Waals surface area contributed by atoms with E-state index in [1.807, 2.05) is 5.32 Å². The van der Waals surface area contributed by atoms with E-state index < -0.39 is 53.3 Å². The zero-order valence-corrected chi connectivity index (χ0v) is 25.1. The second-order valence-corrected chi connectivity index (χ2v) is 11.0. The van der Waals surface area contributed by atoms with Gasteiger partial charge in [0.1, 0.15) is 17.1 Å². The minimum Gasteiger partial charge on any atom is -0.434 e. The third kappa shape index (κ3) is 8.80. The molecule has 0 radical (unpaired) electrons. The van der Waals surface area contributed by atoms with E-state index >= 15 is 0 Å². The van der Waals surface area contributed by atoms with E-state index in [4.69, 9.17) is 20.0 Å². The average Bonchev–Trinajstić information content (AvgIpc) is 3.23. The van der Waals surface area contributed by atoms with Gasteiger partial charge in [-0.1, -0.05) is 31.4 Å². The summed E-state index contributed by atoms with van der Waals surface area (Å²) < 4.78 is 116. The van der Waals surface area contributed by atoms with Crippen LogP contribution in [-0.2, 0) is 18.1 Å². The smallest absolute Gasteiger partial charge is 0.434 e. The topological polar surface area (TPSA) is 115 Å². The van der Waals surface area contributed by atoms with Gasteiger partial charge in [-0.3, -0.25) is 9.48 Å². The molecule has 2 heterocycles. The molecule has 18 heteroatoms. The number of anilines is 1. The van der Waals surface area contributed by atoms with Gasteiger partial charge in [0.05, 0.1) is 16.3 Å². The molecular formula is C25H31ClF7N5O4S. The fourth-order valence-electron chi connectivity index (χ4n) is 4.55. The van der Waals surface area contributed by atoms with E-state index in [0.29, 0.717) is 32.2 Å². The third-order valence-corrected chi connectivity index (χ3v) is 7.37. The number of carbonyl (C=O) groups is 1. The highest BCUT2D eigenvalue weighted by molar-refractivity contribution is 7.51. The minimum atomic E-state index is -5.89. The Bertz CT molecular complexity index is 1300. The largest absolute Gasteiger partial charge is 0.455 e. The molecule has 1 saturated carbocycles. The van der Waals surface area contributed by atoms with Crippen LogP contribution in [0.3, 0.4) is 0 Å². The van der Waals surface area contributed by atoms with Gasteiger partial charge in [-0.25, -0.2) is 4.98 Å². The van der Waals surface area contributed by atoms with Gasteiger partial charge < -0.3 is 15.4 Å². The van der Waals surface area contributed by atoms with Crippen LogP contribution in [0.2, 0.25) is 5.02 Å². The summed E-state index contributed by atoms with van der Waals surface area (Å²) >= 11 is 5.74. The van der Waals surface area contributed by atoms with Gasteiger partial charge in [-0.05, 0) is 45.4 Å². The lowest BCUT2D eigenvalue weighted by molar-refractivity contribution is -0.299. The second kappa shape index (κ2) is 14.7. The number of ether oxygens (including phenoxy) is 1. The highest BCUT2D eigenvalue weighted by Gasteiger charge is 2.66. The molecule has 0 saturated heterocycles. The van der Waals surface area contributed by atoms with Crippen LogP contribution in [0.4, 0.5) is 36.6 Å². The summed E-state index contributed by atoms with van der Waals surface area (Å²) in [5.41, 5.74) is -3.27. The molecule has 1 aliphatic carbocycles. The Kier molecular flexibility index (Phi) is 12.4. The van der Waals surface area contributed by atoms with Crippen molar-refractivity contribution in [3.63, 3.8) is 0 Å². The first kappa shape index (κ1) is 36.2. The van der Waals surface area contributed by atoms with Crippen molar-refractivity contribution in [1.29, 1.82) is 0 Å². The first-order chi connectivity index (χ1) is 19.9. The Hall–Kier alpha value is -2.95. The Morgan fingerprint density at radius 2 is 1.74 bits per heavy atom. The second-order valence-electron chi connectivity index (χ2n) is 10.5. The van der Waals surface area contributed by atoms with E-state index in [1.165, 1.54) is 4.68 Å². The number of nitrogens with one attached hydrogen (secondary N) is 2. The maximum Gasteiger partial charge on any atom is 0.455 e. The quantitative estimate of drug-likeness (QED) is 0.279. The van der Waals surface area contributed by atoms with E-state index in [9.17, 15) is 35.5 Å². The maximum absolute atomic E-state index is 14.0. The van der Waals surface area contributed by atoms with Gasteiger partial charge in [-0.2, -0.15) is 44.2 Å². The summed E-state index contributed by atoms with van der Waals surface area (Å²) in [5, 5.41) is 8.77. The zero-order valence-electron chi connectivity index (χ0n) is 23.5. The van der Waals surface area contributed by atoms with Crippen molar-refractivity contribution in [1.82, 2.24) is 20.1 Å². The zero-order chi connectivity index (χ0) is 32.8. The van der Waals surface area contributed by atoms with Crippen molar-refractivity contribution in [2.75, 3.05) is 11.9 Å². The molecule has 3 rings (SSSR count). The Balaban J connectivity index is 0.00000206. The molecule has 242 valence electrons. The molecule has 2 N–H and O–H groups in total. The molecule has 0 unspecified atom stereocenters. The molecule has 2 aromatic heterocycles. The number of aromatic nitrogens is 3. The van der Waals surface area contributed by atoms with Crippen molar-refractivity contribution >= 4 is 34.9 Å². The van der Waals surface area contributed by atoms with Crippen LogP contribution in [0.1, 0.15) is 63.9 Å².